The lowest BCUT2D eigenvalue weighted by Gasteiger charge is -2.34. The average Bonchev–Trinajstić information content (AvgIpc) is 2.05. The number of aromatic nitrogens is 2. The number of methoxy groups -OCH3 is 1. The number of benzene rings is 3. The number of aromatic hydroxyl groups is 1. The molecule has 4 aromatic rings. The van der Waals surface area contributed by atoms with E-state index in [1.165, 1.54) is 48.6 Å². The molecule has 0 aliphatic carbocycles. The maximum atomic E-state index is 14.7. The fourth-order valence-corrected chi connectivity index (χ4v) is 11.8. The number of ether oxygens (including phenoxy) is 3. The summed E-state index contributed by atoms with van der Waals surface area (Å²) in [6, 6.07) is 6.71. The van der Waals surface area contributed by atoms with Crippen LogP contribution in [-0.4, -0.2) is 230 Å². The van der Waals surface area contributed by atoms with E-state index >= 15 is 0 Å². The van der Waals surface area contributed by atoms with Crippen molar-refractivity contribution in [1.29, 1.82) is 0 Å². The molecule has 28 nitrogen and oxygen atoms in total. The third kappa shape index (κ3) is 19.5. The molecule has 3 aliphatic rings. The number of nitrogens with one attached hydrogen (secondary N) is 5. The number of amides is 7. The van der Waals surface area contributed by atoms with Crippen LogP contribution in [0.2, 0.25) is 0 Å². The summed E-state index contributed by atoms with van der Waals surface area (Å²) in [6.45, 7) is 2.45. The van der Waals surface area contributed by atoms with Gasteiger partial charge in [0.05, 0.1) is 43.2 Å². The molecule has 3 fully saturated rings. The van der Waals surface area contributed by atoms with Crippen LogP contribution < -0.4 is 47.5 Å². The quantitative estimate of drug-likeness (QED) is 0.0383. The van der Waals surface area contributed by atoms with E-state index in [-0.39, 0.29) is 62.7 Å². The maximum Gasteiger partial charge on any atom is 0.251 e. The molecule has 1 aromatic heterocycles. The van der Waals surface area contributed by atoms with Crippen LogP contribution in [0.15, 0.2) is 66.7 Å². The number of carbonyl (C=O) groups is 7. The molecule has 3 saturated heterocycles. The Morgan fingerprint density at radius 2 is 1.32 bits per heavy atom. The van der Waals surface area contributed by atoms with Gasteiger partial charge >= 0.3 is 0 Å². The summed E-state index contributed by atoms with van der Waals surface area (Å²) in [6.07, 6.45) is -5.32. The van der Waals surface area contributed by atoms with E-state index in [0.29, 0.717) is 22.2 Å². The van der Waals surface area contributed by atoms with Gasteiger partial charge in [-0.1, -0.05) is 69.6 Å². The number of phenolic OH excluding ortho intramolecular Hbond substituents is 1. The second-order valence-electron chi connectivity index (χ2n) is 23.0. The summed E-state index contributed by atoms with van der Waals surface area (Å²) in [5.74, 6) is -7.93. The third-order valence-electron chi connectivity index (χ3n) is 16.0. The van der Waals surface area contributed by atoms with Crippen molar-refractivity contribution >= 4 is 52.7 Å². The van der Waals surface area contributed by atoms with Crippen LogP contribution in [0, 0.1) is 5.92 Å². The molecule has 3 aromatic carbocycles. The van der Waals surface area contributed by atoms with Crippen molar-refractivity contribution in [3.05, 3.63) is 77.9 Å². The normalized spacial score (nSPS) is 24.7. The van der Waals surface area contributed by atoms with E-state index in [2.05, 4.69) is 36.8 Å². The summed E-state index contributed by atoms with van der Waals surface area (Å²) < 4.78 is 16.6. The molecule has 91 heavy (non-hydrogen) atoms. The summed E-state index contributed by atoms with van der Waals surface area (Å²) in [5.41, 5.74) is 13.1. The zero-order chi connectivity index (χ0) is 65.2. The second-order valence-corrected chi connectivity index (χ2v) is 24.0. The standard InChI is InChI=1S/C61H85N11O17S.CH4/c1-33-31-72-51(52(33)79)57(84)64-30-39(74)28-42(65-53(80)36-11-13-37(14-12-36)58-69-70-59(90-58)38-15-17-41(18-16-38)88-24-9-7-5-4-6-8-23-87-3)54(81)66-48(34(2)73)60(85)71-32-40(75)29-43(71)55(82)67-49(56(83)68-50(61(72)86)45(77)20-21-62)46(78)26-35-10-19-44(76)47(27-35)89-25-22-63;/h10-19,27,33-34,39-40,42-43,45-46,48-52,73-79H,4-9,20-26,28-32,62-63H2,1-3H3,(H,64,84)(H,65,80)(H,66,81)(H,67,82)(H,68,83);1H4/t33-,34+,39+,40+,42-,43-,45+,46+,48-,49-,50-,51-,52-;/m0./s1. The van der Waals surface area contributed by atoms with Crippen molar-refractivity contribution in [2.45, 2.75) is 158 Å². The van der Waals surface area contributed by atoms with Gasteiger partial charge in [-0.3, -0.25) is 33.6 Å². The first-order chi connectivity index (χ1) is 43.1. The van der Waals surface area contributed by atoms with Gasteiger partial charge in [-0.05, 0) is 86.8 Å². The Kier molecular flexibility index (Phi) is 27.8. The number of aliphatic hydroxyl groups excluding tert-OH is 6. The van der Waals surface area contributed by atoms with Crippen molar-refractivity contribution in [2.24, 2.45) is 17.4 Å². The number of unbranched alkanes of at least 4 members (excludes halogenated alkanes) is 5. The molecule has 0 radical (unpaired) electrons. The van der Waals surface area contributed by atoms with Crippen LogP contribution >= 0.6 is 11.3 Å². The molecule has 0 unspecified atom stereocenters. The fourth-order valence-electron chi connectivity index (χ4n) is 11.0. The van der Waals surface area contributed by atoms with Gasteiger partial charge in [-0.15, -0.1) is 10.2 Å². The summed E-state index contributed by atoms with van der Waals surface area (Å²) in [7, 11) is 1.71. The number of hydrogen-bond acceptors (Lipinski definition) is 22. The lowest BCUT2D eigenvalue weighted by molar-refractivity contribution is -0.147. The van der Waals surface area contributed by atoms with Crippen molar-refractivity contribution in [3.63, 3.8) is 0 Å². The topological polar surface area (TPSA) is 433 Å². The Labute approximate surface area is 532 Å². The first kappa shape index (κ1) is 72.6. The van der Waals surface area contributed by atoms with E-state index in [9.17, 15) is 69.3 Å². The van der Waals surface area contributed by atoms with Crippen molar-refractivity contribution < 1.29 is 83.5 Å². The summed E-state index contributed by atoms with van der Waals surface area (Å²) >= 11 is 1.31. The van der Waals surface area contributed by atoms with Gasteiger partial charge in [0.25, 0.3) is 5.91 Å². The fraction of sp³-hybridized carbons (Fsp3) is 0.565. The van der Waals surface area contributed by atoms with E-state index in [4.69, 9.17) is 25.7 Å². The van der Waals surface area contributed by atoms with E-state index in [0.717, 1.165) is 73.2 Å². The van der Waals surface area contributed by atoms with Gasteiger partial charge in [0.15, 0.2) is 11.5 Å². The Bertz CT molecular complexity index is 3050. The molecular formula is C62H89N11O17S. The van der Waals surface area contributed by atoms with Crippen LogP contribution in [0.4, 0.5) is 0 Å². The number of nitrogens with two attached hydrogens (primary N) is 2. The molecule has 0 bridgehead atoms. The first-order valence-corrected chi connectivity index (χ1v) is 31.1. The highest BCUT2D eigenvalue weighted by molar-refractivity contribution is 7.17. The Hall–Kier alpha value is -7.45. The largest absolute Gasteiger partial charge is 0.504 e. The minimum atomic E-state index is -2.04. The molecule has 0 spiro atoms. The number of nitrogens with zero attached hydrogens (tertiary/aromatic N) is 4. The average molecular weight is 1290 g/mol. The monoisotopic (exact) mass is 1290 g/mol. The maximum absolute atomic E-state index is 14.7. The number of carbonyl (C=O) groups excluding carboxylic acids is 7. The van der Waals surface area contributed by atoms with Gasteiger partial charge in [0, 0.05) is 81.8 Å². The van der Waals surface area contributed by atoms with Crippen LogP contribution in [0.25, 0.3) is 21.1 Å². The van der Waals surface area contributed by atoms with Crippen LogP contribution in [0.5, 0.6) is 17.2 Å². The van der Waals surface area contributed by atoms with Gasteiger partial charge in [-0.2, -0.15) is 0 Å². The number of hydrogen-bond donors (Lipinski definition) is 14. The lowest BCUT2D eigenvalue weighted by Crippen LogP contribution is -2.64. The van der Waals surface area contributed by atoms with Gasteiger partial charge < -0.3 is 97.8 Å². The first-order valence-electron chi connectivity index (χ1n) is 30.3. The molecule has 13 atom stereocenters. The second kappa shape index (κ2) is 34.8. The molecule has 29 heteroatoms. The van der Waals surface area contributed by atoms with E-state index < -0.39 is 152 Å². The van der Waals surface area contributed by atoms with E-state index in [1.54, 1.807) is 19.2 Å². The Morgan fingerprint density at radius 1 is 0.703 bits per heavy atom. The molecule has 500 valence electrons. The van der Waals surface area contributed by atoms with Gasteiger partial charge in [0.2, 0.25) is 35.4 Å². The molecule has 16 N–H and O–H groups in total. The number of fused-ring (bicyclic) bond motifs is 2. The lowest BCUT2D eigenvalue weighted by atomic mass is 9.98. The van der Waals surface area contributed by atoms with Gasteiger partial charge in [-0.25, -0.2) is 0 Å². The highest BCUT2D eigenvalue weighted by atomic mass is 32.1. The zero-order valence-corrected chi connectivity index (χ0v) is 51.5. The van der Waals surface area contributed by atoms with E-state index in [1.807, 2.05) is 24.3 Å². The van der Waals surface area contributed by atoms with Crippen molar-refractivity contribution in [3.8, 4) is 38.4 Å². The van der Waals surface area contributed by atoms with Crippen LogP contribution in [0.3, 0.4) is 0 Å². The number of rotatable bonds is 24. The predicted molar refractivity (Wildman–Crippen MR) is 334 cm³/mol. The molecule has 4 heterocycles. The molecule has 7 amide bonds. The van der Waals surface area contributed by atoms with Crippen LogP contribution in [-0.2, 0) is 39.9 Å². The molecule has 0 saturated carbocycles. The summed E-state index contributed by atoms with van der Waals surface area (Å²) in [5, 5.41) is 101. The molecular weight excluding hydrogens is 1200 g/mol. The van der Waals surface area contributed by atoms with Gasteiger partial charge in [0.1, 0.15) is 58.6 Å². The SMILES string of the molecule is C.COCCCCCCCCOc1ccc(-c2nnc(-c3ccc(C(=O)N[C@H]4C[C@@H](O)CNC(=O)[C@@H]5[C@@H](O)[C@@H](C)CN5C(=O)[C@H]([C@H](O)CCN)NC(=O)[C@H]([C@H](O)Cc5ccc(O)c(OCCN)c5)NC(=O)[C@@H]5C[C@@H](O)CN5C(=O)[C@H]([C@@H](C)O)NC4=O)cc3)s2)cc1. The third-order valence-corrected chi connectivity index (χ3v) is 17.0. The minimum absolute atomic E-state index is 0. The minimum Gasteiger partial charge on any atom is -0.504 e. The summed E-state index contributed by atoms with van der Waals surface area (Å²) in [4.78, 5) is 103. The highest BCUT2D eigenvalue weighted by Gasteiger charge is 2.50. The Balaban J connectivity index is 0.0000132. The molecule has 3 aliphatic heterocycles. The van der Waals surface area contributed by atoms with Crippen LogP contribution in [0.1, 0.15) is 95.0 Å². The number of phenols is 1. The highest BCUT2D eigenvalue weighted by Crippen LogP contribution is 2.33. The Morgan fingerprint density at radius 3 is 1.96 bits per heavy atom. The zero-order valence-electron chi connectivity index (χ0n) is 50.6. The van der Waals surface area contributed by atoms with Crippen molar-refractivity contribution in [1.82, 2.24) is 46.6 Å². The number of aliphatic hydroxyl groups is 6. The number of β-amino-alcohol motifs (C(OH)–C–C–N with tert-alkyl or cyclic N) is 1. The molecule has 7 rings (SSSR count). The van der Waals surface area contributed by atoms with Crippen molar-refractivity contribution in [2.75, 3.05) is 59.7 Å². The smallest absolute Gasteiger partial charge is 0.251 e. The predicted octanol–water partition coefficient (Wildman–Crippen LogP) is -0.786.